The van der Waals surface area contributed by atoms with Crippen LogP contribution in [0.15, 0.2) is 35.4 Å². The van der Waals surface area contributed by atoms with Crippen molar-refractivity contribution in [3.05, 3.63) is 36.2 Å². The first kappa shape index (κ1) is 17.2. The van der Waals surface area contributed by atoms with Gasteiger partial charge in [0.25, 0.3) is 15.9 Å². The van der Waals surface area contributed by atoms with Gasteiger partial charge in [-0.2, -0.15) is 0 Å². The molecule has 0 bridgehead atoms. The normalized spacial score (nSPS) is 13.8. The number of fused-ring (bicyclic) bond motifs is 1. The van der Waals surface area contributed by atoms with Crippen LogP contribution in [0, 0.1) is 0 Å². The van der Waals surface area contributed by atoms with E-state index in [1.165, 1.54) is 23.9 Å². The van der Waals surface area contributed by atoms with Crippen molar-refractivity contribution in [2.75, 3.05) is 25.0 Å². The molecule has 1 aliphatic heterocycles. The minimum Gasteiger partial charge on any atom is -0.490 e. The third-order valence-electron chi connectivity index (χ3n) is 3.75. The predicted octanol–water partition coefficient (Wildman–Crippen LogP) is 1.35. The number of nitrogens with zero attached hydrogens (tertiary/aromatic N) is 1. The third-order valence-corrected chi connectivity index (χ3v) is 5.10. The standard InChI is InChI=1S/C16H19N3O5S/c1-17-16(20)13-9-12(10-19(13)2)25(21,22)18-11-4-5-14-15(8-11)24-7-3-6-23-14/h4-5,8-10,18H,3,6-7H2,1-2H3,(H,17,20). The van der Waals surface area contributed by atoms with Crippen molar-refractivity contribution in [3.63, 3.8) is 0 Å². The zero-order valence-corrected chi connectivity index (χ0v) is 14.7. The van der Waals surface area contributed by atoms with Gasteiger partial charge in [-0.1, -0.05) is 0 Å². The molecule has 25 heavy (non-hydrogen) atoms. The number of ether oxygens (including phenoxy) is 2. The predicted molar refractivity (Wildman–Crippen MR) is 91.7 cm³/mol. The Labute approximate surface area is 145 Å². The Balaban J connectivity index is 1.87. The van der Waals surface area contributed by atoms with Crippen molar-refractivity contribution in [1.29, 1.82) is 0 Å². The molecule has 134 valence electrons. The van der Waals surface area contributed by atoms with Gasteiger partial charge in [-0.25, -0.2) is 8.42 Å². The summed E-state index contributed by atoms with van der Waals surface area (Å²) in [5, 5.41) is 2.47. The van der Waals surface area contributed by atoms with Crippen molar-refractivity contribution in [3.8, 4) is 11.5 Å². The molecule has 0 aliphatic carbocycles. The lowest BCUT2D eigenvalue weighted by Gasteiger charge is -2.11. The molecule has 2 aromatic rings. The van der Waals surface area contributed by atoms with Gasteiger partial charge in [-0.05, 0) is 18.2 Å². The lowest BCUT2D eigenvalue weighted by Crippen LogP contribution is -2.20. The van der Waals surface area contributed by atoms with E-state index in [2.05, 4.69) is 10.0 Å². The highest BCUT2D eigenvalue weighted by molar-refractivity contribution is 7.92. The summed E-state index contributed by atoms with van der Waals surface area (Å²) in [6, 6.07) is 6.18. The van der Waals surface area contributed by atoms with Gasteiger partial charge in [0.15, 0.2) is 11.5 Å². The highest BCUT2D eigenvalue weighted by atomic mass is 32.2. The Kier molecular flexibility index (Phi) is 4.58. The molecule has 0 atom stereocenters. The quantitative estimate of drug-likeness (QED) is 0.852. The van der Waals surface area contributed by atoms with Crippen LogP contribution in [0.5, 0.6) is 11.5 Å². The van der Waals surface area contributed by atoms with Gasteiger partial charge in [0.05, 0.1) is 18.9 Å². The molecule has 0 saturated heterocycles. The number of carbonyl (C=O) groups is 1. The van der Waals surface area contributed by atoms with E-state index in [0.29, 0.717) is 30.4 Å². The van der Waals surface area contributed by atoms with Crippen LogP contribution in [0.2, 0.25) is 0 Å². The zero-order valence-electron chi connectivity index (χ0n) is 13.9. The average Bonchev–Trinajstić information content (AvgIpc) is 2.83. The van der Waals surface area contributed by atoms with E-state index >= 15 is 0 Å². The molecule has 3 rings (SSSR count). The lowest BCUT2D eigenvalue weighted by molar-refractivity contribution is 0.0955. The molecule has 1 aliphatic rings. The van der Waals surface area contributed by atoms with Crippen LogP contribution >= 0.6 is 0 Å². The monoisotopic (exact) mass is 365 g/mol. The SMILES string of the molecule is CNC(=O)c1cc(S(=O)(=O)Nc2ccc3c(c2)OCCCO3)cn1C. The Morgan fingerprint density at radius 2 is 1.88 bits per heavy atom. The second-order valence-electron chi connectivity index (χ2n) is 5.57. The van der Waals surface area contributed by atoms with Crippen LogP contribution in [0.4, 0.5) is 5.69 Å². The molecular formula is C16H19N3O5S. The number of anilines is 1. The smallest absolute Gasteiger partial charge is 0.267 e. The topological polar surface area (TPSA) is 98.7 Å². The molecule has 0 unspecified atom stereocenters. The van der Waals surface area contributed by atoms with E-state index in [1.807, 2.05) is 0 Å². The van der Waals surface area contributed by atoms with Crippen LogP contribution in [-0.2, 0) is 17.1 Å². The maximum absolute atomic E-state index is 12.6. The summed E-state index contributed by atoms with van der Waals surface area (Å²) < 4.78 is 40.2. The van der Waals surface area contributed by atoms with E-state index in [9.17, 15) is 13.2 Å². The number of aromatic nitrogens is 1. The summed E-state index contributed by atoms with van der Waals surface area (Å²) in [5.74, 6) is 0.721. The fraction of sp³-hybridized carbons (Fsp3) is 0.312. The molecule has 0 saturated carbocycles. The van der Waals surface area contributed by atoms with Crippen molar-refractivity contribution < 1.29 is 22.7 Å². The number of nitrogens with one attached hydrogen (secondary N) is 2. The van der Waals surface area contributed by atoms with Crippen LogP contribution in [0.25, 0.3) is 0 Å². The molecule has 1 amide bonds. The molecule has 8 nitrogen and oxygen atoms in total. The fourth-order valence-corrected chi connectivity index (χ4v) is 3.59. The lowest BCUT2D eigenvalue weighted by atomic mass is 10.3. The molecular weight excluding hydrogens is 346 g/mol. The van der Waals surface area contributed by atoms with Gasteiger partial charge < -0.3 is 19.4 Å². The summed E-state index contributed by atoms with van der Waals surface area (Å²) >= 11 is 0. The number of hydrogen-bond donors (Lipinski definition) is 2. The average molecular weight is 365 g/mol. The van der Waals surface area contributed by atoms with Gasteiger partial charge in [0.1, 0.15) is 10.6 Å². The Bertz CT molecular complexity index is 904. The highest BCUT2D eigenvalue weighted by Gasteiger charge is 2.21. The number of rotatable bonds is 4. The largest absolute Gasteiger partial charge is 0.490 e. The number of amides is 1. The molecule has 1 aromatic carbocycles. The number of hydrogen-bond acceptors (Lipinski definition) is 5. The van der Waals surface area contributed by atoms with E-state index in [-0.39, 0.29) is 16.5 Å². The molecule has 2 heterocycles. The van der Waals surface area contributed by atoms with Crippen molar-refractivity contribution >= 4 is 21.6 Å². The Morgan fingerprint density at radius 3 is 2.60 bits per heavy atom. The molecule has 1 aromatic heterocycles. The van der Waals surface area contributed by atoms with Crippen LogP contribution in [0.3, 0.4) is 0 Å². The van der Waals surface area contributed by atoms with E-state index < -0.39 is 10.0 Å². The Hall–Kier alpha value is -2.68. The first-order valence-corrected chi connectivity index (χ1v) is 9.20. The van der Waals surface area contributed by atoms with Crippen LogP contribution in [0.1, 0.15) is 16.9 Å². The summed E-state index contributed by atoms with van der Waals surface area (Å²) in [6.45, 7) is 1.07. The van der Waals surface area contributed by atoms with E-state index in [4.69, 9.17) is 9.47 Å². The van der Waals surface area contributed by atoms with Crippen molar-refractivity contribution in [2.45, 2.75) is 11.3 Å². The minimum absolute atomic E-state index is 0.000659. The second-order valence-corrected chi connectivity index (χ2v) is 7.25. The van der Waals surface area contributed by atoms with Crippen LogP contribution in [-0.4, -0.2) is 39.2 Å². The second kappa shape index (κ2) is 6.67. The van der Waals surface area contributed by atoms with Gasteiger partial charge in [-0.15, -0.1) is 0 Å². The molecule has 9 heteroatoms. The molecule has 2 N–H and O–H groups in total. The zero-order chi connectivity index (χ0) is 18.0. The molecule has 0 spiro atoms. The summed E-state index contributed by atoms with van der Waals surface area (Å²) in [7, 11) is -0.746. The highest BCUT2D eigenvalue weighted by Crippen LogP contribution is 2.33. The van der Waals surface area contributed by atoms with Gasteiger partial charge in [0, 0.05) is 32.8 Å². The van der Waals surface area contributed by atoms with Gasteiger partial charge in [0.2, 0.25) is 0 Å². The minimum atomic E-state index is -3.84. The number of sulfonamides is 1. The summed E-state index contributed by atoms with van der Waals surface area (Å²) in [4.78, 5) is 11.7. The van der Waals surface area contributed by atoms with Crippen molar-refractivity contribution in [2.24, 2.45) is 7.05 Å². The van der Waals surface area contributed by atoms with Gasteiger partial charge in [-0.3, -0.25) is 9.52 Å². The third kappa shape index (κ3) is 3.55. The maximum Gasteiger partial charge on any atom is 0.267 e. The number of benzene rings is 1. The first-order chi connectivity index (χ1) is 11.9. The summed E-state index contributed by atoms with van der Waals surface area (Å²) in [6.07, 6.45) is 2.15. The maximum atomic E-state index is 12.6. The molecule has 0 radical (unpaired) electrons. The van der Waals surface area contributed by atoms with E-state index in [0.717, 1.165) is 6.42 Å². The van der Waals surface area contributed by atoms with Crippen LogP contribution < -0.4 is 19.5 Å². The molecule has 0 fully saturated rings. The van der Waals surface area contributed by atoms with Crippen molar-refractivity contribution in [1.82, 2.24) is 9.88 Å². The summed E-state index contributed by atoms with van der Waals surface area (Å²) in [5.41, 5.74) is 0.608. The number of carbonyl (C=O) groups excluding carboxylic acids is 1. The van der Waals surface area contributed by atoms with Gasteiger partial charge >= 0.3 is 0 Å². The number of aryl methyl sites for hydroxylation is 1. The fourth-order valence-electron chi connectivity index (χ4n) is 2.48. The first-order valence-electron chi connectivity index (χ1n) is 7.71. The Morgan fingerprint density at radius 1 is 1.16 bits per heavy atom. The van der Waals surface area contributed by atoms with E-state index in [1.54, 1.807) is 25.2 Å².